The first-order valence-electron chi connectivity index (χ1n) is 6.77. The maximum Gasteiger partial charge on any atom is 0.306 e. The smallest absolute Gasteiger partial charge is 0.306 e. The summed E-state index contributed by atoms with van der Waals surface area (Å²) in [5, 5.41) is 2.79. The van der Waals surface area contributed by atoms with Crippen molar-refractivity contribution in [3.63, 3.8) is 0 Å². The zero-order chi connectivity index (χ0) is 15.7. The van der Waals surface area contributed by atoms with Gasteiger partial charge in [0.2, 0.25) is 5.91 Å². The van der Waals surface area contributed by atoms with E-state index in [9.17, 15) is 14.0 Å². The van der Waals surface area contributed by atoms with Crippen molar-refractivity contribution in [3.8, 4) is 0 Å². The van der Waals surface area contributed by atoms with E-state index >= 15 is 0 Å². The van der Waals surface area contributed by atoms with Crippen molar-refractivity contribution in [3.05, 3.63) is 35.6 Å². The molecule has 0 atom stereocenters. The molecule has 1 aromatic carbocycles. The van der Waals surface area contributed by atoms with Crippen LogP contribution >= 0.6 is 0 Å². The third-order valence-electron chi connectivity index (χ3n) is 2.99. The van der Waals surface area contributed by atoms with E-state index in [-0.39, 0.29) is 30.7 Å². The first kappa shape index (κ1) is 17.1. The lowest BCUT2D eigenvalue weighted by atomic mass is 10.1. The highest BCUT2D eigenvalue weighted by Crippen LogP contribution is 2.02. The van der Waals surface area contributed by atoms with E-state index in [1.807, 2.05) is 0 Å². The number of amides is 1. The van der Waals surface area contributed by atoms with Crippen LogP contribution in [0.5, 0.6) is 0 Å². The summed E-state index contributed by atoms with van der Waals surface area (Å²) in [6.07, 6.45) is 0.910. The van der Waals surface area contributed by atoms with Gasteiger partial charge in [-0.15, -0.1) is 0 Å². The Balaban J connectivity index is 2.18. The number of rotatable bonds is 8. The van der Waals surface area contributed by atoms with Gasteiger partial charge >= 0.3 is 5.97 Å². The second-order valence-corrected chi connectivity index (χ2v) is 4.79. The topological polar surface area (TPSA) is 58.6 Å². The zero-order valence-corrected chi connectivity index (χ0v) is 12.4. The number of halogens is 1. The fourth-order valence-corrected chi connectivity index (χ4v) is 1.76. The number of likely N-dealkylation sites (N-methyl/N-ethyl adjacent to an activating group) is 1. The molecule has 0 aliphatic rings. The minimum absolute atomic E-state index is 0.107. The van der Waals surface area contributed by atoms with Crippen molar-refractivity contribution in [2.75, 3.05) is 33.8 Å². The fourth-order valence-electron chi connectivity index (χ4n) is 1.76. The molecule has 116 valence electrons. The van der Waals surface area contributed by atoms with E-state index < -0.39 is 0 Å². The molecule has 0 saturated heterocycles. The SMILES string of the molecule is COC(=O)CCN(C)CC(=O)NCCc1ccc(F)cc1. The summed E-state index contributed by atoms with van der Waals surface area (Å²) in [6.45, 7) is 1.19. The minimum atomic E-state index is -0.293. The van der Waals surface area contributed by atoms with Gasteiger partial charge in [0, 0.05) is 13.1 Å². The Morgan fingerprint density at radius 3 is 2.57 bits per heavy atom. The lowest BCUT2D eigenvalue weighted by Gasteiger charge is -2.15. The van der Waals surface area contributed by atoms with E-state index in [1.165, 1.54) is 19.2 Å². The van der Waals surface area contributed by atoms with Crippen LogP contribution in [0.15, 0.2) is 24.3 Å². The van der Waals surface area contributed by atoms with E-state index in [0.29, 0.717) is 19.5 Å². The van der Waals surface area contributed by atoms with Crippen LogP contribution in [0.3, 0.4) is 0 Å². The van der Waals surface area contributed by atoms with E-state index in [1.54, 1.807) is 24.1 Å². The minimum Gasteiger partial charge on any atom is -0.469 e. The molecule has 1 amide bonds. The second-order valence-electron chi connectivity index (χ2n) is 4.79. The molecule has 0 heterocycles. The predicted octanol–water partition coefficient (Wildman–Crippen LogP) is 0.979. The van der Waals surface area contributed by atoms with E-state index in [2.05, 4.69) is 10.1 Å². The Kier molecular flexibility index (Phi) is 7.39. The van der Waals surface area contributed by atoms with Crippen molar-refractivity contribution in [1.82, 2.24) is 10.2 Å². The number of nitrogens with zero attached hydrogens (tertiary/aromatic N) is 1. The van der Waals surface area contributed by atoms with Crippen molar-refractivity contribution in [2.45, 2.75) is 12.8 Å². The number of hydrogen-bond donors (Lipinski definition) is 1. The molecule has 6 heteroatoms. The molecule has 0 aromatic heterocycles. The van der Waals surface area contributed by atoms with Gasteiger partial charge in [0.15, 0.2) is 0 Å². The average molecular weight is 296 g/mol. The standard InChI is InChI=1S/C15H21FN2O3/c1-18(10-8-15(20)21-2)11-14(19)17-9-7-12-3-5-13(16)6-4-12/h3-6H,7-11H2,1-2H3,(H,17,19). The molecule has 1 rings (SSSR count). The monoisotopic (exact) mass is 296 g/mol. The normalized spacial score (nSPS) is 10.5. The van der Waals surface area contributed by atoms with Gasteiger partial charge in [-0.05, 0) is 31.2 Å². The van der Waals surface area contributed by atoms with Gasteiger partial charge < -0.3 is 10.1 Å². The average Bonchev–Trinajstić information content (AvgIpc) is 2.46. The largest absolute Gasteiger partial charge is 0.469 e. The van der Waals surface area contributed by atoms with Gasteiger partial charge in [-0.2, -0.15) is 0 Å². The molecule has 0 radical (unpaired) electrons. The summed E-state index contributed by atoms with van der Waals surface area (Å²) in [5.41, 5.74) is 0.968. The number of carbonyl (C=O) groups is 2. The molecular weight excluding hydrogens is 275 g/mol. The Morgan fingerprint density at radius 1 is 1.29 bits per heavy atom. The molecule has 21 heavy (non-hydrogen) atoms. The third-order valence-corrected chi connectivity index (χ3v) is 2.99. The number of nitrogens with one attached hydrogen (secondary N) is 1. The zero-order valence-electron chi connectivity index (χ0n) is 12.4. The number of methoxy groups -OCH3 is 1. The van der Waals surface area contributed by atoms with Crippen LogP contribution in [0.25, 0.3) is 0 Å². The van der Waals surface area contributed by atoms with Crippen LogP contribution < -0.4 is 5.32 Å². The van der Waals surface area contributed by atoms with Crippen molar-refractivity contribution in [2.24, 2.45) is 0 Å². The Bertz CT molecular complexity index is 462. The highest BCUT2D eigenvalue weighted by molar-refractivity contribution is 5.78. The lowest BCUT2D eigenvalue weighted by Crippen LogP contribution is -2.37. The third kappa shape index (κ3) is 7.41. The molecule has 0 unspecified atom stereocenters. The summed E-state index contributed by atoms with van der Waals surface area (Å²) >= 11 is 0. The van der Waals surface area contributed by atoms with Crippen LogP contribution in [-0.4, -0.2) is 50.6 Å². The Labute approximate surface area is 124 Å². The van der Waals surface area contributed by atoms with Crippen molar-refractivity contribution in [1.29, 1.82) is 0 Å². The number of hydrogen-bond acceptors (Lipinski definition) is 4. The van der Waals surface area contributed by atoms with E-state index in [0.717, 1.165) is 5.56 Å². The molecule has 0 spiro atoms. The molecular formula is C15H21FN2O3. The molecule has 1 N–H and O–H groups in total. The molecule has 0 saturated carbocycles. The second kappa shape index (κ2) is 9.07. The molecule has 5 nitrogen and oxygen atoms in total. The van der Waals surface area contributed by atoms with Gasteiger partial charge in [0.05, 0.1) is 20.1 Å². The fraction of sp³-hybridized carbons (Fsp3) is 0.467. The maximum atomic E-state index is 12.7. The summed E-state index contributed by atoms with van der Waals surface area (Å²) in [4.78, 5) is 24.4. The summed E-state index contributed by atoms with van der Waals surface area (Å²) in [7, 11) is 3.10. The Morgan fingerprint density at radius 2 is 1.95 bits per heavy atom. The summed E-state index contributed by atoms with van der Waals surface area (Å²) < 4.78 is 17.3. The number of benzene rings is 1. The first-order valence-corrected chi connectivity index (χ1v) is 6.77. The molecule has 0 bridgehead atoms. The van der Waals surface area contributed by atoms with Gasteiger partial charge in [-0.1, -0.05) is 12.1 Å². The number of carbonyl (C=O) groups excluding carboxylic acids is 2. The van der Waals surface area contributed by atoms with Crippen LogP contribution in [-0.2, 0) is 20.7 Å². The van der Waals surface area contributed by atoms with Gasteiger partial charge in [0.25, 0.3) is 0 Å². The number of esters is 1. The van der Waals surface area contributed by atoms with Crippen LogP contribution in [0.4, 0.5) is 4.39 Å². The van der Waals surface area contributed by atoms with E-state index in [4.69, 9.17) is 0 Å². The highest BCUT2D eigenvalue weighted by atomic mass is 19.1. The van der Waals surface area contributed by atoms with Crippen molar-refractivity contribution < 1.29 is 18.7 Å². The lowest BCUT2D eigenvalue weighted by molar-refractivity contribution is -0.141. The molecule has 1 aromatic rings. The van der Waals surface area contributed by atoms with Gasteiger partial charge in [-0.25, -0.2) is 4.39 Å². The quantitative estimate of drug-likeness (QED) is 0.727. The number of ether oxygens (including phenoxy) is 1. The molecule has 0 fully saturated rings. The highest BCUT2D eigenvalue weighted by Gasteiger charge is 2.08. The van der Waals surface area contributed by atoms with Crippen LogP contribution in [0.1, 0.15) is 12.0 Å². The van der Waals surface area contributed by atoms with Gasteiger partial charge in [0.1, 0.15) is 5.82 Å². The maximum absolute atomic E-state index is 12.7. The molecule has 0 aliphatic heterocycles. The molecule has 0 aliphatic carbocycles. The summed E-state index contributed by atoms with van der Waals surface area (Å²) in [6, 6.07) is 6.20. The predicted molar refractivity (Wildman–Crippen MR) is 77.2 cm³/mol. The van der Waals surface area contributed by atoms with Crippen LogP contribution in [0.2, 0.25) is 0 Å². The van der Waals surface area contributed by atoms with Crippen LogP contribution in [0, 0.1) is 5.82 Å². The van der Waals surface area contributed by atoms with Gasteiger partial charge in [-0.3, -0.25) is 14.5 Å². The first-order chi connectivity index (χ1) is 10.0. The Hall–Kier alpha value is -1.95. The summed E-state index contributed by atoms with van der Waals surface area (Å²) in [5.74, 6) is -0.668. The van der Waals surface area contributed by atoms with Crippen molar-refractivity contribution >= 4 is 11.9 Å².